The Bertz CT molecular complexity index is 435. The summed E-state index contributed by atoms with van der Waals surface area (Å²) in [6, 6.07) is 7.33. The number of amides is 2. The van der Waals surface area contributed by atoms with Gasteiger partial charge in [0.05, 0.1) is 12.1 Å². The van der Waals surface area contributed by atoms with Gasteiger partial charge in [-0.25, -0.2) is 0 Å². The molecule has 2 N–H and O–H groups in total. The van der Waals surface area contributed by atoms with Crippen molar-refractivity contribution in [2.75, 3.05) is 13.1 Å². The average molecular weight is 360 g/mol. The number of hydrogen-bond acceptors (Lipinski definition) is 2. The average Bonchev–Trinajstić information content (AvgIpc) is 2.34. The highest BCUT2D eigenvalue weighted by Gasteiger charge is 2.18. The van der Waals surface area contributed by atoms with Crippen LogP contribution in [0.3, 0.4) is 0 Å². The van der Waals surface area contributed by atoms with Crippen molar-refractivity contribution in [1.29, 1.82) is 0 Å². The van der Waals surface area contributed by atoms with Crippen molar-refractivity contribution < 1.29 is 9.59 Å². The molecule has 0 atom stereocenters. The van der Waals surface area contributed by atoms with Crippen LogP contribution in [0.25, 0.3) is 0 Å². The number of hydrogen-bond donors (Lipinski definition) is 1. The third-order valence-corrected chi connectivity index (χ3v) is 3.46. The summed E-state index contributed by atoms with van der Waals surface area (Å²) in [5, 5.41) is 0. The highest BCUT2D eigenvalue weighted by Crippen LogP contribution is 2.14. The number of nitrogens with two attached hydrogens (primary N) is 1. The summed E-state index contributed by atoms with van der Waals surface area (Å²) >= 11 is 2.12. The first-order valence-corrected chi connectivity index (χ1v) is 6.96. The summed E-state index contributed by atoms with van der Waals surface area (Å²) in [7, 11) is 0. The minimum absolute atomic E-state index is 0.0240. The van der Waals surface area contributed by atoms with E-state index in [1.165, 1.54) is 4.90 Å². The Balaban J connectivity index is 2.87. The van der Waals surface area contributed by atoms with Gasteiger partial charge in [0.1, 0.15) is 0 Å². The Morgan fingerprint density at radius 1 is 1.33 bits per heavy atom. The second-order valence-corrected chi connectivity index (χ2v) is 5.19. The molecule has 4 nitrogen and oxygen atoms in total. The highest BCUT2D eigenvalue weighted by atomic mass is 127. The third-order valence-electron chi connectivity index (χ3n) is 2.52. The van der Waals surface area contributed by atoms with Crippen LogP contribution in [0, 0.1) is 3.57 Å². The number of halogens is 1. The zero-order valence-corrected chi connectivity index (χ0v) is 12.5. The van der Waals surface area contributed by atoms with Crippen molar-refractivity contribution in [2.45, 2.75) is 19.8 Å². The lowest BCUT2D eigenvalue weighted by molar-refractivity contribution is -0.118. The van der Waals surface area contributed by atoms with Gasteiger partial charge in [-0.05, 0) is 41.1 Å². The number of nitrogens with zero attached hydrogens (tertiary/aromatic N) is 1. The molecule has 0 aliphatic carbocycles. The fraction of sp³-hybridized carbons (Fsp3) is 0.385. The van der Waals surface area contributed by atoms with Crippen molar-refractivity contribution in [3.8, 4) is 0 Å². The molecule has 1 aromatic rings. The van der Waals surface area contributed by atoms with Gasteiger partial charge in [0.15, 0.2) is 0 Å². The summed E-state index contributed by atoms with van der Waals surface area (Å²) in [6.45, 7) is 2.58. The molecule has 0 bridgehead atoms. The Morgan fingerprint density at radius 3 is 2.56 bits per heavy atom. The van der Waals surface area contributed by atoms with Crippen LogP contribution in [0.1, 0.15) is 30.1 Å². The predicted octanol–water partition coefficient (Wildman–Crippen LogP) is 2.02. The maximum absolute atomic E-state index is 12.3. The second-order valence-electron chi connectivity index (χ2n) is 4.03. The van der Waals surface area contributed by atoms with Crippen LogP contribution >= 0.6 is 22.6 Å². The number of carbonyl (C=O) groups excluding carboxylic acids is 2. The van der Waals surface area contributed by atoms with Crippen molar-refractivity contribution in [3.63, 3.8) is 0 Å². The minimum Gasteiger partial charge on any atom is -0.368 e. The highest BCUT2D eigenvalue weighted by molar-refractivity contribution is 14.1. The molecule has 0 saturated carbocycles. The summed E-state index contributed by atoms with van der Waals surface area (Å²) < 4.78 is 0.881. The van der Waals surface area contributed by atoms with Gasteiger partial charge in [-0.15, -0.1) is 0 Å². The molecular weight excluding hydrogens is 343 g/mol. The van der Waals surface area contributed by atoms with Gasteiger partial charge in [0.2, 0.25) is 5.91 Å². The van der Waals surface area contributed by atoms with E-state index in [0.29, 0.717) is 12.1 Å². The first-order valence-electron chi connectivity index (χ1n) is 5.88. The first kappa shape index (κ1) is 14.9. The van der Waals surface area contributed by atoms with E-state index in [4.69, 9.17) is 5.73 Å². The molecule has 0 aromatic heterocycles. The molecule has 0 radical (unpaired) electrons. The lowest BCUT2D eigenvalue weighted by Gasteiger charge is -2.21. The van der Waals surface area contributed by atoms with Gasteiger partial charge in [-0.1, -0.05) is 25.5 Å². The number of primary amides is 1. The first-order chi connectivity index (χ1) is 8.56. The molecule has 0 spiro atoms. The lowest BCUT2D eigenvalue weighted by atomic mass is 10.2. The van der Waals surface area contributed by atoms with Crippen LogP contribution in [0.4, 0.5) is 0 Å². The van der Waals surface area contributed by atoms with Crippen molar-refractivity contribution >= 4 is 34.4 Å². The Morgan fingerprint density at radius 2 is 2.00 bits per heavy atom. The fourth-order valence-corrected chi connectivity index (χ4v) is 2.21. The fourth-order valence-electron chi connectivity index (χ4n) is 1.59. The molecule has 18 heavy (non-hydrogen) atoms. The molecule has 0 saturated heterocycles. The zero-order chi connectivity index (χ0) is 13.5. The smallest absolute Gasteiger partial charge is 0.255 e. The molecule has 0 heterocycles. The summed E-state index contributed by atoms with van der Waals surface area (Å²) in [4.78, 5) is 24.9. The molecular formula is C13H17IN2O2. The molecule has 1 aromatic carbocycles. The van der Waals surface area contributed by atoms with E-state index in [1.807, 2.05) is 25.1 Å². The van der Waals surface area contributed by atoms with Crippen LogP contribution in [0.15, 0.2) is 24.3 Å². The quantitative estimate of drug-likeness (QED) is 0.789. The number of rotatable bonds is 6. The number of benzene rings is 1. The van der Waals surface area contributed by atoms with E-state index < -0.39 is 5.91 Å². The Hall–Kier alpha value is -1.11. The van der Waals surface area contributed by atoms with E-state index in [1.54, 1.807) is 6.07 Å². The second kappa shape index (κ2) is 7.35. The summed E-state index contributed by atoms with van der Waals surface area (Å²) in [5.41, 5.74) is 5.81. The van der Waals surface area contributed by atoms with Crippen LogP contribution < -0.4 is 5.73 Å². The number of carbonyl (C=O) groups is 2. The van der Waals surface area contributed by atoms with Gasteiger partial charge < -0.3 is 10.6 Å². The van der Waals surface area contributed by atoms with Gasteiger partial charge in [-0.2, -0.15) is 0 Å². The third kappa shape index (κ3) is 4.29. The van der Waals surface area contributed by atoms with E-state index in [-0.39, 0.29) is 12.5 Å². The summed E-state index contributed by atoms with van der Waals surface area (Å²) in [6.07, 6.45) is 1.83. The molecule has 0 unspecified atom stereocenters. The maximum Gasteiger partial charge on any atom is 0.255 e. The van der Waals surface area contributed by atoms with Gasteiger partial charge in [0.25, 0.3) is 5.91 Å². The van der Waals surface area contributed by atoms with Gasteiger partial charge >= 0.3 is 0 Å². The van der Waals surface area contributed by atoms with E-state index in [0.717, 1.165) is 16.4 Å². The van der Waals surface area contributed by atoms with Crippen molar-refractivity contribution in [3.05, 3.63) is 33.4 Å². The zero-order valence-electron chi connectivity index (χ0n) is 10.4. The molecule has 1 rings (SSSR count). The molecule has 5 heteroatoms. The standard InChI is InChI=1S/C13H17IN2O2/c1-2-3-8-16(9-12(15)17)13(18)10-6-4-5-7-11(10)14/h4-7H,2-3,8-9H2,1H3,(H2,15,17). The molecule has 0 aliphatic rings. The van der Waals surface area contributed by atoms with E-state index >= 15 is 0 Å². The molecule has 0 aliphatic heterocycles. The predicted molar refractivity (Wildman–Crippen MR) is 79.2 cm³/mol. The van der Waals surface area contributed by atoms with Crippen molar-refractivity contribution in [1.82, 2.24) is 4.90 Å². The van der Waals surface area contributed by atoms with Crippen LogP contribution in [0.5, 0.6) is 0 Å². The Labute approximate surface area is 121 Å². The van der Waals surface area contributed by atoms with Crippen LogP contribution in [-0.4, -0.2) is 29.8 Å². The number of unbranched alkanes of at least 4 members (excludes halogenated alkanes) is 1. The lowest BCUT2D eigenvalue weighted by Crippen LogP contribution is -2.39. The normalized spacial score (nSPS) is 10.1. The van der Waals surface area contributed by atoms with Gasteiger partial charge in [-0.3, -0.25) is 9.59 Å². The van der Waals surface area contributed by atoms with Gasteiger partial charge in [0, 0.05) is 10.1 Å². The monoisotopic (exact) mass is 360 g/mol. The molecule has 2 amide bonds. The molecule has 0 fully saturated rings. The van der Waals surface area contributed by atoms with E-state index in [2.05, 4.69) is 22.6 Å². The van der Waals surface area contributed by atoms with E-state index in [9.17, 15) is 9.59 Å². The topological polar surface area (TPSA) is 63.4 Å². The van der Waals surface area contributed by atoms with Crippen LogP contribution in [0.2, 0.25) is 0 Å². The maximum atomic E-state index is 12.3. The largest absolute Gasteiger partial charge is 0.368 e. The van der Waals surface area contributed by atoms with Crippen LogP contribution in [-0.2, 0) is 4.79 Å². The Kier molecular flexibility index (Phi) is 6.11. The SMILES string of the molecule is CCCCN(CC(N)=O)C(=O)c1ccccc1I. The van der Waals surface area contributed by atoms with Crippen molar-refractivity contribution in [2.24, 2.45) is 5.73 Å². The minimum atomic E-state index is -0.481. The summed E-state index contributed by atoms with van der Waals surface area (Å²) in [5.74, 6) is -0.613. The molecule has 98 valence electrons.